The fourth-order valence-electron chi connectivity index (χ4n) is 2.03. The molecule has 0 amide bonds. The highest BCUT2D eigenvalue weighted by atomic mass is 16.3. The molecule has 0 aliphatic heterocycles. The van der Waals surface area contributed by atoms with Crippen molar-refractivity contribution in [2.24, 2.45) is 0 Å². The molecule has 2 rings (SSSR count). The van der Waals surface area contributed by atoms with Gasteiger partial charge in [0.1, 0.15) is 11.5 Å². The van der Waals surface area contributed by atoms with E-state index in [4.69, 9.17) is 0 Å². The van der Waals surface area contributed by atoms with Crippen molar-refractivity contribution < 1.29 is 10.2 Å². The topological polar surface area (TPSA) is 40.5 Å². The summed E-state index contributed by atoms with van der Waals surface area (Å²) in [5.41, 5.74) is 3.56. The number of phenolic OH excluding ortho intramolecular Hbond substituents is 2. The fraction of sp³-hybridized carbons (Fsp3) is 0.158. The second kappa shape index (κ2) is 6.80. The molecule has 0 aromatic heterocycles. The Balaban J connectivity index is 2.23. The molecule has 0 spiro atoms. The maximum atomic E-state index is 10.1. The Morgan fingerprint density at radius 1 is 0.905 bits per heavy atom. The first-order chi connectivity index (χ1) is 10.1. The van der Waals surface area contributed by atoms with Crippen LogP contribution in [0.25, 0.3) is 12.2 Å². The zero-order chi connectivity index (χ0) is 15.2. The van der Waals surface area contributed by atoms with Gasteiger partial charge < -0.3 is 10.2 Å². The van der Waals surface area contributed by atoms with Crippen molar-refractivity contribution in [1.82, 2.24) is 0 Å². The standard InChI is InChI=1S/C19H20O2/c1-14(2)8-11-17-18(20)12-16(13-19(17)21)10-9-15-6-4-3-5-7-15/h3-10,12-13,20-21H,11H2,1-2H3. The monoisotopic (exact) mass is 280 g/mol. The number of allylic oxidation sites excluding steroid dienone is 2. The van der Waals surface area contributed by atoms with E-state index in [1.54, 1.807) is 12.1 Å². The van der Waals surface area contributed by atoms with E-state index in [1.807, 2.05) is 62.4 Å². The van der Waals surface area contributed by atoms with E-state index in [1.165, 1.54) is 0 Å². The van der Waals surface area contributed by atoms with E-state index in [9.17, 15) is 10.2 Å². The van der Waals surface area contributed by atoms with E-state index >= 15 is 0 Å². The number of hydrogen-bond acceptors (Lipinski definition) is 2. The molecule has 2 N–H and O–H groups in total. The van der Waals surface area contributed by atoms with Gasteiger partial charge in [0.05, 0.1) is 0 Å². The third kappa shape index (κ3) is 4.25. The molecule has 0 bridgehead atoms. The summed E-state index contributed by atoms with van der Waals surface area (Å²) in [6, 6.07) is 13.3. The molecule has 0 saturated heterocycles. The van der Waals surface area contributed by atoms with Gasteiger partial charge >= 0.3 is 0 Å². The first-order valence-electron chi connectivity index (χ1n) is 6.97. The Morgan fingerprint density at radius 3 is 2.05 bits per heavy atom. The number of rotatable bonds is 4. The average molecular weight is 280 g/mol. The van der Waals surface area contributed by atoms with Crippen molar-refractivity contribution in [2.75, 3.05) is 0 Å². The van der Waals surface area contributed by atoms with E-state index < -0.39 is 0 Å². The summed E-state index contributed by atoms with van der Waals surface area (Å²) in [7, 11) is 0. The van der Waals surface area contributed by atoms with Crippen LogP contribution in [0.2, 0.25) is 0 Å². The maximum Gasteiger partial charge on any atom is 0.123 e. The Kier molecular flexibility index (Phi) is 4.83. The van der Waals surface area contributed by atoms with Gasteiger partial charge in [-0.1, -0.05) is 54.1 Å². The SMILES string of the molecule is CC(C)=CCc1c(O)cc(C=Cc2ccccc2)cc1O. The lowest BCUT2D eigenvalue weighted by Crippen LogP contribution is -1.87. The molecule has 0 fully saturated rings. The minimum absolute atomic E-state index is 0.125. The zero-order valence-corrected chi connectivity index (χ0v) is 12.4. The van der Waals surface area contributed by atoms with Gasteiger partial charge in [-0.15, -0.1) is 0 Å². The van der Waals surface area contributed by atoms with Crippen molar-refractivity contribution in [3.05, 3.63) is 70.8 Å². The summed E-state index contributed by atoms with van der Waals surface area (Å²) >= 11 is 0. The van der Waals surface area contributed by atoms with Gasteiger partial charge in [0.15, 0.2) is 0 Å². The van der Waals surface area contributed by atoms with Crippen LogP contribution in [0.15, 0.2) is 54.1 Å². The van der Waals surface area contributed by atoms with Crippen molar-refractivity contribution in [3.63, 3.8) is 0 Å². The summed E-state index contributed by atoms with van der Waals surface area (Å²) in [4.78, 5) is 0. The molecule has 2 aromatic carbocycles. The normalized spacial score (nSPS) is 10.8. The van der Waals surface area contributed by atoms with Gasteiger partial charge in [0.2, 0.25) is 0 Å². The summed E-state index contributed by atoms with van der Waals surface area (Å²) in [6.45, 7) is 3.98. The molecule has 2 heteroatoms. The molecular weight excluding hydrogens is 260 g/mol. The number of benzene rings is 2. The lowest BCUT2D eigenvalue weighted by atomic mass is 10.0. The van der Waals surface area contributed by atoms with Crippen LogP contribution in [0.1, 0.15) is 30.5 Å². The highest BCUT2D eigenvalue weighted by molar-refractivity contribution is 5.71. The van der Waals surface area contributed by atoms with Crippen LogP contribution >= 0.6 is 0 Å². The van der Waals surface area contributed by atoms with Crippen LogP contribution in [0, 0.1) is 0 Å². The van der Waals surface area contributed by atoms with Crippen LogP contribution in [-0.4, -0.2) is 10.2 Å². The molecular formula is C19H20O2. The predicted molar refractivity (Wildman–Crippen MR) is 88.3 cm³/mol. The van der Waals surface area contributed by atoms with Gasteiger partial charge in [-0.3, -0.25) is 0 Å². The van der Waals surface area contributed by atoms with Crippen LogP contribution in [0.3, 0.4) is 0 Å². The summed E-state index contributed by atoms with van der Waals surface area (Å²) in [5, 5.41) is 20.1. The largest absolute Gasteiger partial charge is 0.507 e. The Hall–Kier alpha value is -2.48. The third-order valence-electron chi connectivity index (χ3n) is 3.21. The van der Waals surface area contributed by atoms with E-state index in [0.29, 0.717) is 12.0 Å². The fourth-order valence-corrected chi connectivity index (χ4v) is 2.03. The second-order valence-electron chi connectivity index (χ2n) is 5.27. The van der Waals surface area contributed by atoms with Gasteiger partial charge in [-0.2, -0.15) is 0 Å². The highest BCUT2D eigenvalue weighted by Crippen LogP contribution is 2.30. The van der Waals surface area contributed by atoms with Crippen molar-refractivity contribution >= 4 is 12.2 Å². The molecule has 0 saturated carbocycles. The summed E-state index contributed by atoms with van der Waals surface area (Å²) < 4.78 is 0. The zero-order valence-electron chi connectivity index (χ0n) is 12.4. The molecule has 108 valence electrons. The van der Waals surface area contributed by atoms with Crippen molar-refractivity contribution in [2.45, 2.75) is 20.3 Å². The molecule has 21 heavy (non-hydrogen) atoms. The Morgan fingerprint density at radius 2 is 1.48 bits per heavy atom. The average Bonchev–Trinajstić information content (AvgIpc) is 2.45. The van der Waals surface area contributed by atoms with Crippen molar-refractivity contribution in [3.8, 4) is 11.5 Å². The molecule has 2 nitrogen and oxygen atoms in total. The second-order valence-corrected chi connectivity index (χ2v) is 5.27. The van der Waals surface area contributed by atoms with Crippen LogP contribution in [0.5, 0.6) is 11.5 Å². The highest BCUT2D eigenvalue weighted by Gasteiger charge is 2.07. The van der Waals surface area contributed by atoms with Gasteiger partial charge in [-0.25, -0.2) is 0 Å². The minimum Gasteiger partial charge on any atom is -0.507 e. The number of hydrogen-bond donors (Lipinski definition) is 2. The molecule has 2 aromatic rings. The number of phenols is 2. The predicted octanol–water partition coefficient (Wildman–Crippen LogP) is 4.78. The molecule has 0 radical (unpaired) electrons. The lowest BCUT2D eigenvalue weighted by molar-refractivity contribution is 0.440. The van der Waals surface area contributed by atoms with E-state index in [0.717, 1.165) is 16.7 Å². The smallest absolute Gasteiger partial charge is 0.123 e. The molecule has 0 atom stereocenters. The Bertz CT molecular complexity index is 640. The lowest BCUT2D eigenvalue weighted by Gasteiger charge is -2.07. The first-order valence-corrected chi connectivity index (χ1v) is 6.97. The minimum atomic E-state index is 0.125. The van der Waals surface area contributed by atoms with Crippen molar-refractivity contribution in [1.29, 1.82) is 0 Å². The van der Waals surface area contributed by atoms with Gasteiger partial charge in [0, 0.05) is 5.56 Å². The third-order valence-corrected chi connectivity index (χ3v) is 3.21. The molecule has 0 heterocycles. The number of aromatic hydroxyl groups is 2. The molecule has 0 aliphatic rings. The quantitative estimate of drug-likeness (QED) is 0.625. The summed E-state index contributed by atoms with van der Waals surface area (Å²) in [5.74, 6) is 0.250. The molecule has 0 aliphatic carbocycles. The van der Waals surface area contributed by atoms with Gasteiger partial charge in [-0.05, 0) is 43.5 Å². The van der Waals surface area contributed by atoms with E-state index in [2.05, 4.69) is 0 Å². The summed E-state index contributed by atoms with van der Waals surface area (Å²) in [6.07, 6.45) is 6.33. The Labute approximate surface area is 125 Å². The molecule has 0 unspecified atom stereocenters. The van der Waals surface area contributed by atoms with E-state index in [-0.39, 0.29) is 11.5 Å². The van der Waals surface area contributed by atoms with Crippen LogP contribution < -0.4 is 0 Å². The van der Waals surface area contributed by atoms with Crippen LogP contribution in [0.4, 0.5) is 0 Å². The maximum absolute atomic E-state index is 10.1. The first kappa shape index (κ1) is 14.9. The van der Waals surface area contributed by atoms with Gasteiger partial charge in [0.25, 0.3) is 0 Å². The van der Waals surface area contributed by atoms with Crippen LogP contribution in [-0.2, 0) is 6.42 Å².